The number of carbonyl (C=O) groups is 1. The van der Waals surface area contributed by atoms with Gasteiger partial charge in [0.25, 0.3) is 0 Å². The van der Waals surface area contributed by atoms with Gasteiger partial charge in [-0.2, -0.15) is 0 Å². The largest absolute Gasteiger partial charge is 0.468 e. The molecule has 2 unspecified atom stereocenters. The molecule has 0 bridgehead atoms. The number of carbonyl (C=O) groups excluding carboxylic acids is 1. The molecule has 2 atom stereocenters. The average molecular weight is 336 g/mol. The van der Waals surface area contributed by atoms with Gasteiger partial charge >= 0.3 is 5.97 Å². The molecule has 0 spiro atoms. The van der Waals surface area contributed by atoms with E-state index < -0.39 is 0 Å². The summed E-state index contributed by atoms with van der Waals surface area (Å²) in [6, 6.07) is 8.02. The predicted octanol–water partition coefficient (Wildman–Crippen LogP) is 3.67. The van der Waals surface area contributed by atoms with Crippen LogP contribution in [-0.2, 0) is 19.0 Å². The van der Waals surface area contributed by atoms with Crippen molar-refractivity contribution in [2.75, 3.05) is 27.1 Å². The highest BCUT2D eigenvalue weighted by atomic mass is 16.7. The number of ether oxygens (including phenoxy) is 4. The summed E-state index contributed by atoms with van der Waals surface area (Å²) >= 11 is 0. The first-order valence-corrected chi connectivity index (χ1v) is 8.73. The van der Waals surface area contributed by atoms with Gasteiger partial charge in [0.2, 0.25) is 0 Å². The Morgan fingerprint density at radius 1 is 1.12 bits per heavy atom. The van der Waals surface area contributed by atoms with Gasteiger partial charge in [-0.05, 0) is 37.0 Å². The van der Waals surface area contributed by atoms with Crippen LogP contribution in [0.1, 0.15) is 50.5 Å². The van der Waals surface area contributed by atoms with E-state index >= 15 is 0 Å². The van der Waals surface area contributed by atoms with E-state index in [1.807, 2.05) is 19.1 Å². The average Bonchev–Trinajstić information content (AvgIpc) is 2.62. The van der Waals surface area contributed by atoms with E-state index in [4.69, 9.17) is 18.9 Å². The zero-order valence-corrected chi connectivity index (χ0v) is 14.7. The monoisotopic (exact) mass is 336 g/mol. The molecular weight excluding hydrogens is 308 g/mol. The van der Waals surface area contributed by atoms with Crippen LogP contribution in [0, 0.1) is 0 Å². The number of hydrogen-bond acceptors (Lipinski definition) is 5. The van der Waals surface area contributed by atoms with Crippen LogP contribution in [0.15, 0.2) is 24.3 Å². The maximum absolute atomic E-state index is 11.6. The molecule has 0 heterocycles. The number of benzene rings is 1. The predicted molar refractivity (Wildman–Crippen MR) is 91.1 cm³/mol. The van der Waals surface area contributed by atoms with E-state index in [0.29, 0.717) is 19.6 Å². The summed E-state index contributed by atoms with van der Waals surface area (Å²) in [7, 11) is 1.64. The third kappa shape index (κ3) is 5.80. The fourth-order valence-corrected chi connectivity index (χ4v) is 2.99. The van der Waals surface area contributed by atoms with Gasteiger partial charge in [-0.1, -0.05) is 25.5 Å². The lowest BCUT2D eigenvalue weighted by atomic mass is 9.81. The van der Waals surface area contributed by atoms with E-state index in [0.717, 1.165) is 25.0 Å². The highest BCUT2D eigenvalue weighted by molar-refractivity contribution is 5.69. The standard InChI is InChI=1S/C19H28O5/c1-3-19(20)24-18-7-5-4-6-17(18)15-8-10-16(11-9-15)23-14-22-13-12-21-2/h8-11,17-18H,3-7,12-14H2,1-2H3. The molecule has 24 heavy (non-hydrogen) atoms. The van der Waals surface area contributed by atoms with E-state index in [1.54, 1.807) is 7.11 Å². The lowest BCUT2D eigenvalue weighted by Crippen LogP contribution is -2.28. The SMILES string of the molecule is CCC(=O)OC1CCCCC1c1ccc(OCOCCOC)cc1. The van der Waals surface area contributed by atoms with Gasteiger partial charge in [0.15, 0.2) is 6.79 Å². The molecule has 5 nitrogen and oxygen atoms in total. The fraction of sp³-hybridized carbons (Fsp3) is 0.632. The Kier molecular flexibility index (Phi) is 8.05. The molecule has 5 heteroatoms. The van der Waals surface area contributed by atoms with Crippen molar-refractivity contribution < 1.29 is 23.7 Å². The molecule has 0 aliphatic heterocycles. The molecule has 0 amide bonds. The minimum Gasteiger partial charge on any atom is -0.468 e. The third-order valence-corrected chi connectivity index (χ3v) is 4.32. The molecule has 0 radical (unpaired) electrons. The summed E-state index contributed by atoms with van der Waals surface area (Å²) in [5, 5.41) is 0. The molecule has 0 aromatic heterocycles. The van der Waals surface area contributed by atoms with E-state index in [9.17, 15) is 4.79 Å². The van der Waals surface area contributed by atoms with Gasteiger partial charge < -0.3 is 18.9 Å². The van der Waals surface area contributed by atoms with Crippen molar-refractivity contribution in [2.24, 2.45) is 0 Å². The Bertz CT molecular complexity index is 485. The van der Waals surface area contributed by atoms with Crippen molar-refractivity contribution in [3.63, 3.8) is 0 Å². The smallest absolute Gasteiger partial charge is 0.305 e. The van der Waals surface area contributed by atoms with Crippen molar-refractivity contribution in [2.45, 2.75) is 51.0 Å². The van der Waals surface area contributed by atoms with Gasteiger partial charge in [0.05, 0.1) is 13.2 Å². The van der Waals surface area contributed by atoms with Crippen molar-refractivity contribution in [3.05, 3.63) is 29.8 Å². The zero-order chi connectivity index (χ0) is 17.2. The van der Waals surface area contributed by atoms with Crippen molar-refractivity contribution in [3.8, 4) is 5.75 Å². The minimum absolute atomic E-state index is 0.00431. The van der Waals surface area contributed by atoms with Crippen molar-refractivity contribution in [1.82, 2.24) is 0 Å². The van der Waals surface area contributed by atoms with Crippen LogP contribution in [0.3, 0.4) is 0 Å². The first-order valence-electron chi connectivity index (χ1n) is 8.73. The van der Waals surface area contributed by atoms with Crippen LogP contribution < -0.4 is 4.74 Å². The van der Waals surface area contributed by atoms with E-state index in [1.165, 1.54) is 12.0 Å². The van der Waals surface area contributed by atoms with Gasteiger partial charge in [0, 0.05) is 19.4 Å². The maximum Gasteiger partial charge on any atom is 0.305 e. The molecule has 1 fully saturated rings. The lowest BCUT2D eigenvalue weighted by Gasteiger charge is -2.31. The minimum atomic E-state index is -0.111. The molecule has 2 rings (SSSR count). The van der Waals surface area contributed by atoms with Crippen LogP contribution in [0.4, 0.5) is 0 Å². The molecular formula is C19H28O5. The second-order valence-corrected chi connectivity index (χ2v) is 6.01. The molecule has 0 N–H and O–H groups in total. The molecule has 1 aromatic carbocycles. The first-order chi connectivity index (χ1) is 11.7. The van der Waals surface area contributed by atoms with Gasteiger partial charge in [-0.15, -0.1) is 0 Å². The number of esters is 1. The summed E-state index contributed by atoms with van der Waals surface area (Å²) in [5.41, 5.74) is 1.20. The summed E-state index contributed by atoms with van der Waals surface area (Å²) in [4.78, 5) is 11.6. The highest BCUT2D eigenvalue weighted by Crippen LogP contribution is 2.35. The van der Waals surface area contributed by atoms with Crippen LogP contribution in [-0.4, -0.2) is 39.2 Å². The van der Waals surface area contributed by atoms with Gasteiger partial charge in [-0.25, -0.2) is 0 Å². The number of hydrogen-bond donors (Lipinski definition) is 0. The van der Waals surface area contributed by atoms with Crippen LogP contribution in [0.5, 0.6) is 5.75 Å². The Morgan fingerprint density at radius 3 is 2.58 bits per heavy atom. The Morgan fingerprint density at radius 2 is 1.88 bits per heavy atom. The second kappa shape index (κ2) is 10.3. The van der Waals surface area contributed by atoms with E-state index in [-0.39, 0.29) is 24.8 Å². The quantitative estimate of drug-likeness (QED) is 0.391. The molecule has 134 valence electrons. The summed E-state index contributed by atoms with van der Waals surface area (Å²) in [5.74, 6) is 0.940. The highest BCUT2D eigenvalue weighted by Gasteiger charge is 2.29. The Balaban J connectivity index is 1.89. The maximum atomic E-state index is 11.6. The fourth-order valence-electron chi connectivity index (χ4n) is 2.99. The molecule has 1 saturated carbocycles. The second-order valence-electron chi connectivity index (χ2n) is 6.01. The van der Waals surface area contributed by atoms with E-state index in [2.05, 4.69) is 12.1 Å². The first kappa shape index (κ1) is 18.7. The Labute approximate surface area is 144 Å². The summed E-state index contributed by atoms with van der Waals surface area (Å²) in [6.07, 6.45) is 4.73. The molecule has 1 aromatic rings. The van der Waals surface area contributed by atoms with Crippen LogP contribution in [0.25, 0.3) is 0 Å². The molecule has 1 aliphatic carbocycles. The summed E-state index contributed by atoms with van der Waals surface area (Å²) in [6.45, 7) is 3.12. The van der Waals surface area contributed by atoms with Gasteiger partial charge in [-0.3, -0.25) is 4.79 Å². The topological polar surface area (TPSA) is 54.0 Å². The van der Waals surface area contributed by atoms with Crippen molar-refractivity contribution in [1.29, 1.82) is 0 Å². The normalized spacial score (nSPS) is 20.6. The van der Waals surface area contributed by atoms with Crippen LogP contribution >= 0.6 is 0 Å². The zero-order valence-electron chi connectivity index (χ0n) is 14.7. The lowest BCUT2D eigenvalue weighted by molar-refractivity contribution is -0.151. The van der Waals surface area contributed by atoms with Gasteiger partial charge in [0.1, 0.15) is 11.9 Å². The summed E-state index contributed by atoms with van der Waals surface area (Å²) < 4.78 is 21.4. The Hall–Kier alpha value is -1.59. The van der Waals surface area contributed by atoms with Crippen LogP contribution in [0.2, 0.25) is 0 Å². The molecule has 0 saturated heterocycles. The number of methoxy groups -OCH3 is 1. The molecule has 1 aliphatic rings. The van der Waals surface area contributed by atoms with Crippen molar-refractivity contribution >= 4 is 5.97 Å². The third-order valence-electron chi connectivity index (χ3n) is 4.32. The number of rotatable bonds is 9.